The first-order valence-electron chi connectivity index (χ1n) is 13.3. The molecule has 1 aliphatic rings. The zero-order valence-corrected chi connectivity index (χ0v) is 25.7. The Hall–Kier alpha value is -4.09. The van der Waals surface area contributed by atoms with Crippen LogP contribution in [-0.4, -0.2) is 53.6 Å². The van der Waals surface area contributed by atoms with Crippen LogP contribution in [0.15, 0.2) is 76.3 Å². The lowest BCUT2D eigenvalue weighted by atomic mass is 9.90. The molecule has 0 spiro atoms. The second-order valence-electron chi connectivity index (χ2n) is 9.67. The normalized spacial score (nSPS) is 13.5. The van der Waals surface area contributed by atoms with Gasteiger partial charge in [0.25, 0.3) is 0 Å². The van der Waals surface area contributed by atoms with Crippen molar-refractivity contribution >= 4 is 58.1 Å². The first kappa shape index (κ1) is 30.9. The molecule has 0 atom stereocenters. The molecule has 3 aromatic carbocycles. The van der Waals surface area contributed by atoms with Gasteiger partial charge in [0.2, 0.25) is 17.8 Å². The molecule has 0 bridgehead atoms. The Morgan fingerprint density at radius 2 is 1.69 bits per heavy atom. The highest BCUT2D eigenvalue weighted by Gasteiger charge is 2.22. The Morgan fingerprint density at radius 3 is 2.38 bits per heavy atom. The number of piperidine rings is 1. The van der Waals surface area contributed by atoms with Gasteiger partial charge in [-0.1, -0.05) is 30.3 Å². The van der Waals surface area contributed by atoms with Crippen molar-refractivity contribution in [1.82, 2.24) is 15.0 Å². The monoisotopic (exact) mass is 653 g/mol. The molecular formula is C30H33BrClN7O3. The van der Waals surface area contributed by atoms with Crippen molar-refractivity contribution < 1.29 is 14.6 Å². The Kier molecular flexibility index (Phi) is 10.8. The number of rotatable bonds is 10. The molecule has 4 aromatic rings. The number of anilines is 4. The van der Waals surface area contributed by atoms with Crippen LogP contribution in [0.2, 0.25) is 0 Å². The fraction of sp³-hybridized carbons (Fsp3) is 0.267. The summed E-state index contributed by atoms with van der Waals surface area (Å²) in [5.41, 5.74) is 5.83. The van der Waals surface area contributed by atoms with E-state index in [1.165, 1.54) is 12.7 Å². The van der Waals surface area contributed by atoms with Gasteiger partial charge in [-0.25, -0.2) is 5.43 Å². The molecule has 42 heavy (non-hydrogen) atoms. The highest BCUT2D eigenvalue weighted by Crippen LogP contribution is 2.31. The maximum atomic E-state index is 9.98. The van der Waals surface area contributed by atoms with E-state index in [1.807, 2.05) is 24.3 Å². The van der Waals surface area contributed by atoms with Crippen molar-refractivity contribution in [3.63, 3.8) is 0 Å². The van der Waals surface area contributed by atoms with Crippen LogP contribution in [0.1, 0.15) is 24.0 Å². The van der Waals surface area contributed by atoms with Gasteiger partial charge in [-0.2, -0.15) is 20.1 Å². The number of phenols is 1. The number of hydrogen-bond acceptors (Lipinski definition) is 10. The van der Waals surface area contributed by atoms with Crippen molar-refractivity contribution in [2.75, 3.05) is 43.0 Å². The number of methoxy groups -OCH3 is 2. The molecule has 0 radical (unpaired) electrons. The van der Waals surface area contributed by atoms with Gasteiger partial charge in [0.1, 0.15) is 5.75 Å². The van der Waals surface area contributed by atoms with E-state index in [0.717, 1.165) is 43.8 Å². The summed E-state index contributed by atoms with van der Waals surface area (Å²) >= 11 is 3.44. The third-order valence-corrected chi connectivity index (χ3v) is 7.59. The first-order chi connectivity index (χ1) is 20.0. The molecule has 1 aliphatic heterocycles. The molecule has 0 saturated carbocycles. The molecule has 2 heterocycles. The van der Waals surface area contributed by atoms with Gasteiger partial charge >= 0.3 is 0 Å². The number of ether oxygens (including phenoxy) is 2. The fourth-order valence-electron chi connectivity index (χ4n) is 4.68. The lowest BCUT2D eigenvalue weighted by Gasteiger charge is -2.32. The minimum absolute atomic E-state index is 0. The topological polar surface area (TPSA) is 117 Å². The number of nitrogens with zero attached hydrogens (tertiary/aromatic N) is 5. The maximum absolute atomic E-state index is 9.98. The van der Waals surface area contributed by atoms with Crippen LogP contribution in [0.5, 0.6) is 17.2 Å². The molecule has 0 unspecified atom stereocenters. The molecule has 220 valence electrons. The van der Waals surface area contributed by atoms with Gasteiger partial charge in [0.05, 0.1) is 20.4 Å². The molecule has 0 aliphatic carbocycles. The van der Waals surface area contributed by atoms with Gasteiger partial charge in [-0.15, -0.1) is 12.4 Å². The van der Waals surface area contributed by atoms with Gasteiger partial charge in [-0.05, 0) is 83.1 Å². The number of aromatic hydroxyl groups is 1. The zero-order valence-electron chi connectivity index (χ0n) is 23.3. The number of hydrazone groups is 1. The molecule has 1 aromatic heterocycles. The standard InChI is InChI=1S/C30H32BrN7O3.ClH/c1-40-24-10-8-23(9-11-24)33-28-34-29(37-32-19-22-17-27(41-2)26(39)18-25(22)31)36-30(35-28)38-14-12-21(13-15-38)16-20-6-4-3-5-7-20;/h3-11,17-19,21,39H,12-16H2,1-2H3,(H2,33,34,35,36,37);1H/b32-19+;. The molecule has 12 heteroatoms. The van der Waals surface area contributed by atoms with Gasteiger partial charge < -0.3 is 24.8 Å². The van der Waals surface area contributed by atoms with Crippen LogP contribution in [-0.2, 0) is 6.42 Å². The lowest BCUT2D eigenvalue weighted by molar-refractivity contribution is 0.373. The Bertz CT molecular complexity index is 1480. The number of aromatic nitrogens is 3. The summed E-state index contributed by atoms with van der Waals surface area (Å²) in [7, 11) is 3.13. The highest BCUT2D eigenvalue weighted by molar-refractivity contribution is 9.10. The van der Waals surface area contributed by atoms with Crippen LogP contribution in [0, 0.1) is 5.92 Å². The summed E-state index contributed by atoms with van der Waals surface area (Å²) in [6, 6.07) is 21.4. The smallest absolute Gasteiger partial charge is 0.250 e. The summed E-state index contributed by atoms with van der Waals surface area (Å²) in [4.78, 5) is 16.2. The van der Waals surface area contributed by atoms with E-state index in [2.05, 4.69) is 77.0 Å². The molecule has 1 saturated heterocycles. The minimum Gasteiger partial charge on any atom is -0.504 e. The first-order valence-corrected chi connectivity index (χ1v) is 14.1. The van der Waals surface area contributed by atoms with Crippen molar-refractivity contribution in [3.8, 4) is 17.2 Å². The predicted octanol–water partition coefficient (Wildman–Crippen LogP) is 6.43. The third-order valence-electron chi connectivity index (χ3n) is 6.90. The van der Waals surface area contributed by atoms with Crippen LogP contribution >= 0.6 is 28.3 Å². The predicted molar refractivity (Wildman–Crippen MR) is 172 cm³/mol. The van der Waals surface area contributed by atoms with Crippen LogP contribution in [0.25, 0.3) is 0 Å². The molecule has 5 rings (SSSR count). The third kappa shape index (κ3) is 8.01. The highest BCUT2D eigenvalue weighted by atomic mass is 79.9. The molecule has 10 nitrogen and oxygen atoms in total. The SMILES string of the molecule is COc1ccc(Nc2nc(N/N=C/c3cc(OC)c(O)cc3Br)nc(N3CCC(Cc4ccccc4)CC3)n2)cc1.Cl. The van der Waals surface area contributed by atoms with Crippen LogP contribution in [0.4, 0.5) is 23.5 Å². The minimum atomic E-state index is 0. The van der Waals surface area contributed by atoms with E-state index in [0.29, 0.717) is 39.5 Å². The van der Waals surface area contributed by atoms with Crippen molar-refractivity contribution in [2.45, 2.75) is 19.3 Å². The average Bonchev–Trinajstić information content (AvgIpc) is 2.99. The number of nitrogens with one attached hydrogen (secondary N) is 2. The van der Waals surface area contributed by atoms with Gasteiger partial charge in [0, 0.05) is 28.8 Å². The van der Waals surface area contributed by atoms with Crippen molar-refractivity contribution in [3.05, 3.63) is 82.3 Å². The lowest BCUT2D eigenvalue weighted by Crippen LogP contribution is -2.35. The van der Waals surface area contributed by atoms with E-state index in [1.54, 1.807) is 25.5 Å². The Morgan fingerprint density at radius 1 is 0.976 bits per heavy atom. The van der Waals surface area contributed by atoms with E-state index in [4.69, 9.17) is 14.5 Å². The molecular weight excluding hydrogens is 622 g/mol. The summed E-state index contributed by atoms with van der Waals surface area (Å²) in [5, 5.41) is 17.6. The summed E-state index contributed by atoms with van der Waals surface area (Å²) < 4.78 is 11.1. The summed E-state index contributed by atoms with van der Waals surface area (Å²) in [6.45, 7) is 1.71. The van der Waals surface area contributed by atoms with Gasteiger partial charge in [-0.3, -0.25) is 0 Å². The average molecular weight is 655 g/mol. The van der Waals surface area contributed by atoms with E-state index in [9.17, 15) is 5.11 Å². The quantitative estimate of drug-likeness (QED) is 0.131. The van der Waals surface area contributed by atoms with Crippen LogP contribution < -0.4 is 25.1 Å². The number of phenolic OH excluding ortho intramolecular Hbond substituents is 1. The zero-order chi connectivity index (χ0) is 28.6. The molecule has 0 amide bonds. The number of benzene rings is 3. The molecule has 1 fully saturated rings. The van der Waals surface area contributed by atoms with E-state index < -0.39 is 0 Å². The Balaban J connectivity index is 0.00000405. The van der Waals surface area contributed by atoms with Crippen LogP contribution in [0.3, 0.4) is 0 Å². The van der Waals surface area contributed by atoms with E-state index in [-0.39, 0.29) is 18.2 Å². The largest absolute Gasteiger partial charge is 0.504 e. The fourth-order valence-corrected chi connectivity index (χ4v) is 5.11. The maximum Gasteiger partial charge on any atom is 0.250 e. The van der Waals surface area contributed by atoms with Gasteiger partial charge in [0.15, 0.2) is 11.5 Å². The summed E-state index contributed by atoms with van der Waals surface area (Å²) in [6.07, 6.45) is 4.79. The second kappa shape index (κ2) is 14.7. The molecule has 3 N–H and O–H groups in total. The van der Waals surface area contributed by atoms with Crippen molar-refractivity contribution in [2.24, 2.45) is 11.0 Å². The van der Waals surface area contributed by atoms with E-state index >= 15 is 0 Å². The second-order valence-corrected chi connectivity index (χ2v) is 10.5. The Labute approximate surface area is 259 Å². The number of hydrogen-bond donors (Lipinski definition) is 3. The van der Waals surface area contributed by atoms with Crippen molar-refractivity contribution in [1.29, 1.82) is 0 Å². The number of halogens is 2. The summed E-state index contributed by atoms with van der Waals surface area (Å²) in [5.74, 6) is 3.05.